The first-order valence-electron chi connectivity index (χ1n) is 12.2. The number of carbonyl (C=O) groups is 2. The van der Waals surface area contributed by atoms with E-state index in [1.807, 2.05) is 74.5 Å². The first-order valence-corrected chi connectivity index (χ1v) is 14.5. The predicted molar refractivity (Wildman–Crippen MR) is 156 cm³/mol. The number of nitrogens with one attached hydrogen (secondary N) is 1. The molecule has 196 valence electrons. The number of hydrogen-bond acceptors (Lipinski definition) is 3. The van der Waals surface area contributed by atoms with Crippen LogP contribution in [-0.2, 0) is 28.3 Å². The van der Waals surface area contributed by atoms with Crippen molar-refractivity contribution in [1.82, 2.24) is 10.2 Å². The van der Waals surface area contributed by atoms with Crippen molar-refractivity contribution in [1.29, 1.82) is 0 Å². The van der Waals surface area contributed by atoms with Gasteiger partial charge < -0.3 is 10.2 Å². The molecule has 0 aliphatic heterocycles. The van der Waals surface area contributed by atoms with Crippen LogP contribution in [0.4, 0.5) is 0 Å². The molecule has 3 rings (SSSR count). The third kappa shape index (κ3) is 8.96. The summed E-state index contributed by atoms with van der Waals surface area (Å²) in [6, 6.07) is 21.9. The lowest BCUT2D eigenvalue weighted by atomic mass is 10.0. The molecule has 8 heteroatoms. The van der Waals surface area contributed by atoms with Crippen LogP contribution >= 0.6 is 46.6 Å². The minimum absolute atomic E-state index is 0.0118. The zero-order chi connectivity index (χ0) is 26.8. The molecule has 4 nitrogen and oxygen atoms in total. The number of rotatable bonds is 12. The first kappa shape index (κ1) is 29.4. The Balaban J connectivity index is 1.89. The molecule has 0 radical (unpaired) electrons. The molecule has 0 aliphatic rings. The molecule has 0 aliphatic carbocycles. The van der Waals surface area contributed by atoms with E-state index in [4.69, 9.17) is 34.8 Å². The zero-order valence-electron chi connectivity index (χ0n) is 20.9. The SMILES string of the molecule is CC[C@H](C)NC(=O)[C@@H](Cc1ccccc1)N(Cc1ccc(Cl)c(Cl)c1)C(=O)CSCc1ccccc1Cl. The second-order valence-electron chi connectivity index (χ2n) is 8.88. The third-order valence-electron chi connectivity index (χ3n) is 6.05. The zero-order valence-corrected chi connectivity index (χ0v) is 24.0. The highest BCUT2D eigenvalue weighted by molar-refractivity contribution is 7.99. The van der Waals surface area contributed by atoms with E-state index in [1.54, 1.807) is 17.0 Å². The maximum Gasteiger partial charge on any atom is 0.243 e. The van der Waals surface area contributed by atoms with Gasteiger partial charge in [-0.15, -0.1) is 11.8 Å². The molecule has 0 fully saturated rings. The van der Waals surface area contributed by atoms with E-state index in [1.165, 1.54) is 11.8 Å². The average Bonchev–Trinajstić information content (AvgIpc) is 2.89. The average molecular weight is 578 g/mol. The first-order chi connectivity index (χ1) is 17.8. The van der Waals surface area contributed by atoms with Crippen LogP contribution in [-0.4, -0.2) is 34.6 Å². The van der Waals surface area contributed by atoms with Crippen molar-refractivity contribution in [3.05, 3.63) is 105 Å². The molecule has 0 saturated carbocycles. The standard InChI is InChI=1S/C29H31Cl3N2O2S/c1-3-20(2)33-29(36)27(16-21-9-5-4-6-10-21)34(17-22-13-14-25(31)26(32)15-22)28(35)19-37-18-23-11-7-8-12-24(23)30/h4-15,20,27H,3,16-19H2,1-2H3,(H,33,36)/t20-,27+/m0/s1. The Kier molecular flexibility index (Phi) is 11.7. The second-order valence-corrected chi connectivity index (χ2v) is 11.1. The molecule has 2 atom stereocenters. The predicted octanol–water partition coefficient (Wildman–Crippen LogP) is 7.43. The Morgan fingerprint density at radius 3 is 2.27 bits per heavy atom. The van der Waals surface area contributed by atoms with Crippen LogP contribution < -0.4 is 5.32 Å². The number of carbonyl (C=O) groups excluding carboxylic acids is 2. The fourth-order valence-corrected chi connectivity index (χ4v) is 5.29. The van der Waals surface area contributed by atoms with Crippen molar-refractivity contribution in [2.45, 2.75) is 51.1 Å². The van der Waals surface area contributed by atoms with Gasteiger partial charge in [-0.1, -0.05) is 96.3 Å². The highest BCUT2D eigenvalue weighted by Crippen LogP contribution is 2.26. The van der Waals surface area contributed by atoms with E-state index < -0.39 is 6.04 Å². The van der Waals surface area contributed by atoms with E-state index in [-0.39, 0.29) is 30.2 Å². The normalized spacial score (nSPS) is 12.6. The van der Waals surface area contributed by atoms with Gasteiger partial charge in [-0.3, -0.25) is 9.59 Å². The van der Waals surface area contributed by atoms with Gasteiger partial charge in [0.05, 0.1) is 15.8 Å². The third-order valence-corrected chi connectivity index (χ3v) is 8.12. The van der Waals surface area contributed by atoms with Crippen molar-refractivity contribution >= 4 is 58.4 Å². The summed E-state index contributed by atoms with van der Waals surface area (Å²) >= 11 is 20.2. The van der Waals surface area contributed by atoms with E-state index >= 15 is 0 Å². The lowest BCUT2D eigenvalue weighted by Gasteiger charge is -2.32. The maximum atomic E-state index is 13.7. The van der Waals surface area contributed by atoms with Gasteiger partial charge in [-0.05, 0) is 48.2 Å². The number of amides is 2. The molecule has 0 bridgehead atoms. The maximum absolute atomic E-state index is 13.7. The minimum Gasteiger partial charge on any atom is -0.352 e. The summed E-state index contributed by atoms with van der Waals surface area (Å²) in [6.07, 6.45) is 1.18. The summed E-state index contributed by atoms with van der Waals surface area (Å²) in [7, 11) is 0. The van der Waals surface area contributed by atoms with Crippen molar-refractivity contribution < 1.29 is 9.59 Å². The fourth-order valence-electron chi connectivity index (χ4n) is 3.78. The summed E-state index contributed by atoms with van der Waals surface area (Å²) in [5, 5.41) is 4.59. The molecule has 3 aromatic carbocycles. The number of thioether (sulfide) groups is 1. The Bertz CT molecular complexity index is 1190. The van der Waals surface area contributed by atoms with Gasteiger partial charge in [0.15, 0.2) is 0 Å². The van der Waals surface area contributed by atoms with Crippen LogP contribution in [0.5, 0.6) is 0 Å². The van der Waals surface area contributed by atoms with Gasteiger partial charge >= 0.3 is 0 Å². The molecule has 37 heavy (non-hydrogen) atoms. The van der Waals surface area contributed by atoms with Gasteiger partial charge in [0.25, 0.3) is 0 Å². The summed E-state index contributed by atoms with van der Waals surface area (Å²) < 4.78 is 0. The summed E-state index contributed by atoms with van der Waals surface area (Å²) in [6.45, 7) is 4.21. The Labute approximate surface area is 238 Å². The molecular weight excluding hydrogens is 547 g/mol. The number of hydrogen-bond donors (Lipinski definition) is 1. The molecule has 0 saturated heterocycles. The van der Waals surface area contributed by atoms with E-state index in [0.717, 1.165) is 23.1 Å². The van der Waals surface area contributed by atoms with Crippen molar-refractivity contribution in [3.8, 4) is 0 Å². The molecule has 0 spiro atoms. The summed E-state index contributed by atoms with van der Waals surface area (Å²) in [5.74, 6) is 0.481. The van der Waals surface area contributed by atoms with E-state index in [0.29, 0.717) is 27.2 Å². The summed E-state index contributed by atoms with van der Waals surface area (Å²) in [5.41, 5.74) is 2.74. The topological polar surface area (TPSA) is 49.4 Å². The van der Waals surface area contributed by atoms with E-state index in [9.17, 15) is 9.59 Å². The quantitative estimate of drug-likeness (QED) is 0.243. The molecule has 1 N–H and O–H groups in total. The molecule has 0 aromatic heterocycles. The molecular formula is C29H31Cl3N2O2S. The molecule has 0 unspecified atom stereocenters. The highest BCUT2D eigenvalue weighted by atomic mass is 35.5. The number of halogens is 3. The molecule has 0 heterocycles. The summed E-state index contributed by atoms with van der Waals surface area (Å²) in [4.78, 5) is 28.9. The van der Waals surface area contributed by atoms with Crippen molar-refractivity contribution in [2.75, 3.05) is 5.75 Å². The Hall–Kier alpha value is -2.18. The second kappa shape index (κ2) is 14.7. The molecule has 3 aromatic rings. The Morgan fingerprint density at radius 1 is 0.892 bits per heavy atom. The largest absolute Gasteiger partial charge is 0.352 e. The van der Waals surface area contributed by atoms with Crippen LogP contribution in [0.2, 0.25) is 15.1 Å². The number of benzene rings is 3. The van der Waals surface area contributed by atoms with Gasteiger partial charge in [0.2, 0.25) is 11.8 Å². The van der Waals surface area contributed by atoms with Gasteiger partial charge in [-0.25, -0.2) is 0 Å². The van der Waals surface area contributed by atoms with Crippen LogP contribution in [0.25, 0.3) is 0 Å². The van der Waals surface area contributed by atoms with Gasteiger partial charge in [0, 0.05) is 29.8 Å². The number of nitrogens with zero attached hydrogens (tertiary/aromatic N) is 1. The van der Waals surface area contributed by atoms with Crippen molar-refractivity contribution in [2.24, 2.45) is 0 Å². The highest BCUT2D eigenvalue weighted by Gasteiger charge is 2.31. The molecule has 2 amide bonds. The smallest absolute Gasteiger partial charge is 0.243 e. The minimum atomic E-state index is -0.695. The fraction of sp³-hybridized carbons (Fsp3) is 0.310. The van der Waals surface area contributed by atoms with Crippen LogP contribution in [0, 0.1) is 0 Å². The van der Waals surface area contributed by atoms with Gasteiger partial charge in [-0.2, -0.15) is 0 Å². The van der Waals surface area contributed by atoms with Crippen LogP contribution in [0.1, 0.15) is 37.0 Å². The van der Waals surface area contributed by atoms with E-state index in [2.05, 4.69) is 5.32 Å². The Morgan fingerprint density at radius 2 is 1.59 bits per heavy atom. The lowest BCUT2D eigenvalue weighted by Crippen LogP contribution is -2.52. The van der Waals surface area contributed by atoms with Crippen LogP contribution in [0.3, 0.4) is 0 Å². The van der Waals surface area contributed by atoms with Crippen LogP contribution in [0.15, 0.2) is 72.8 Å². The van der Waals surface area contributed by atoms with Crippen molar-refractivity contribution in [3.63, 3.8) is 0 Å². The monoisotopic (exact) mass is 576 g/mol. The lowest BCUT2D eigenvalue weighted by molar-refractivity contribution is -0.139. The van der Waals surface area contributed by atoms with Gasteiger partial charge in [0.1, 0.15) is 6.04 Å².